The van der Waals surface area contributed by atoms with E-state index in [1.807, 2.05) is 6.92 Å². The SMILES string of the molecule is C[C@H]1CCC/C=C/[C@@H]2C[C@H](O)C[C@H]2[C@H](OC(=O)/C=C/c2ccncc2)/C=C/C(=O)O1. The van der Waals surface area contributed by atoms with E-state index in [1.54, 1.807) is 36.7 Å². The van der Waals surface area contributed by atoms with Crippen LogP contribution in [0.15, 0.2) is 54.9 Å². The fourth-order valence-electron chi connectivity index (χ4n) is 4.02. The van der Waals surface area contributed by atoms with Crippen molar-refractivity contribution in [1.82, 2.24) is 4.98 Å². The van der Waals surface area contributed by atoms with Gasteiger partial charge < -0.3 is 14.6 Å². The summed E-state index contributed by atoms with van der Waals surface area (Å²) in [6, 6.07) is 3.57. The number of allylic oxidation sites excluding steroid dienone is 2. The largest absolute Gasteiger partial charge is 0.460 e. The Morgan fingerprint density at radius 2 is 2.07 bits per heavy atom. The summed E-state index contributed by atoms with van der Waals surface area (Å²) >= 11 is 0. The van der Waals surface area contributed by atoms with Gasteiger partial charge in [0.25, 0.3) is 0 Å². The van der Waals surface area contributed by atoms with E-state index in [0.717, 1.165) is 24.8 Å². The second-order valence-corrected chi connectivity index (χ2v) is 7.93. The fourth-order valence-corrected chi connectivity index (χ4v) is 4.02. The lowest BCUT2D eigenvalue weighted by atomic mass is 9.89. The molecule has 2 aliphatic rings. The second-order valence-electron chi connectivity index (χ2n) is 7.93. The Balaban J connectivity index is 1.77. The van der Waals surface area contributed by atoms with Crippen LogP contribution in [0.1, 0.15) is 44.6 Å². The Labute approximate surface area is 177 Å². The molecule has 0 spiro atoms. The van der Waals surface area contributed by atoms with E-state index in [4.69, 9.17) is 9.47 Å². The molecule has 6 nitrogen and oxygen atoms in total. The van der Waals surface area contributed by atoms with Crippen molar-refractivity contribution < 1.29 is 24.2 Å². The normalized spacial score (nSPS) is 32.2. The van der Waals surface area contributed by atoms with Crippen LogP contribution in [-0.4, -0.2) is 40.3 Å². The first-order valence-electron chi connectivity index (χ1n) is 10.5. The van der Waals surface area contributed by atoms with Crippen LogP contribution in [0, 0.1) is 11.8 Å². The summed E-state index contributed by atoms with van der Waals surface area (Å²) in [6.45, 7) is 1.88. The number of cyclic esters (lactones) is 1. The van der Waals surface area contributed by atoms with Crippen molar-refractivity contribution in [1.29, 1.82) is 0 Å². The number of aliphatic hydroxyl groups excluding tert-OH is 1. The highest BCUT2D eigenvalue weighted by atomic mass is 16.5. The summed E-state index contributed by atoms with van der Waals surface area (Å²) in [5.74, 6) is -0.965. The van der Waals surface area contributed by atoms with Gasteiger partial charge in [-0.1, -0.05) is 12.2 Å². The molecule has 0 radical (unpaired) electrons. The van der Waals surface area contributed by atoms with Crippen molar-refractivity contribution in [3.05, 3.63) is 60.5 Å². The molecule has 1 fully saturated rings. The van der Waals surface area contributed by atoms with Gasteiger partial charge >= 0.3 is 11.9 Å². The van der Waals surface area contributed by atoms with Gasteiger partial charge in [-0.2, -0.15) is 0 Å². The number of ether oxygens (including phenoxy) is 2. The van der Waals surface area contributed by atoms with E-state index < -0.39 is 24.1 Å². The minimum atomic E-state index is -0.630. The molecule has 0 bridgehead atoms. The Kier molecular flexibility index (Phi) is 7.97. The zero-order chi connectivity index (χ0) is 21.3. The van der Waals surface area contributed by atoms with Crippen LogP contribution in [0.5, 0.6) is 0 Å². The first-order chi connectivity index (χ1) is 14.5. The number of hydrogen-bond donors (Lipinski definition) is 1. The first-order valence-corrected chi connectivity index (χ1v) is 10.5. The average molecular weight is 411 g/mol. The van der Waals surface area contributed by atoms with Gasteiger partial charge in [0, 0.05) is 30.5 Å². The summed E-state index contributed by atoms with van der Waals surface area (Å²) in [4.78, 5) is 28.6. The minimum Gasteiger partial charge on any atom is -0.460 e. The predicted molar refractivity (Wildman–Crippen MR) is 113 cm³/mol. The molecule has 6 heteroatoms. The van der Waals surface area contributed by atoms with Crippen LogP contribution in [-0.2, 0) is 19.1 Å². The number of rotatable bonds is 3. The molecule has 0 saturated heterocycles. The van der Waals surface area contributed by atoms with Gasteiger partial charge in [-0.15, -0.1) is 0 Å². The van der Waals surface area contributed by atoms with Crippen molar-refractivity contribution in [2.75, 3.05) is 0 Å². The Morgan fingerprint density at radius 1 is 1.27 bits per heavy atom. The molecular weight excluding hydrogens is 382 g/mol. The molecule has 0 unspecified atom stereocenters. The van der Waals surface area contributed by atoms with Crippen molar-refractivity contribution in [2.45, 2.75) is 57.3 Å². The third kappa shape index (κ3) is 6.66. The third-order valence-corrected chi connectivity index (χ3v) is 5.53. The molecule has 160 valence electrons. The molecule has 3 rings (SSSR count). The molecule has 1 aliphatic carbocycles. The standard InChI is InChI=1S/C24H29NO5/c1-17-5-3-2-4-6-19-15-20(26)16-21(19)22(8-10-23(27)29-17)30-24(28)9-7-18-11-13-25-14-12-18/h4,6-14,17,19-22,26H,2-3,5,15-16H2,1H3/b6-4+,9-7+,10-8+/t17-,19+,20-,21+,22+/m0/s1. The maximum Gasteiger partial charge on any atom is 0.331 e. The number of aliphatic hydroxyl groups is 1. The van der Waals surface area contributed by atoms with Gasteiger partial charge in [-0.25, -0.2) is 9.59 Å². The van der Waals surface area contributed by atoms with Gasteiger partial charge in [0.2, 0.25) is 0 Å². The monoisotopic (exact) mass is 411 g/mol. The number of carbonyl (C=O) groups excluding carboxylic acids is 2. The van der Waals surface area contributed by atoms with Crippen molar-refractivity contribution >= 4 is 18.0 Å². The highest BCUT2D eigenvalue weighted by Crippen LogP contribution is 2.37. The van der Waals surface area contributed by atoms with Crippen molar-refractivity contribution in [2.24, 2.45) is 11.8 Å². The molecule has 2 heterocycles. The number of carbonyl (C=O) groups is 2. The molecule has 1 saturated carbocycles. The highest BCUT2D eigenvalue weighted by Gasteiger charge is 2.37. The summed E-state index contributed by atoms with van der Waals surface area (Å²) < 4.78 is 11.1. The van der Waals surface area contributed by atoms with E-state index in [9.17, 15) is 14.7 Å². The number of esters is 2. The van der Waals surface area contributed by atoms with E-state index in [-0.39, 0.29) is 17.9 Å². The number of fused-ring (bicyclic) bond motifs is 1. The molecule has 0 amide bonds. The maximum atomic E-state index is 12.5. The van der Waals surface area contributed by atoms with Gasteiger partial charge in [0.1, 0.15) is 6.10 Å². The predicted octanol–water partition coefficient (Wildman–Crippen LogP) is 3.62. The molecule has 1 N–H and O–H groups in total. The number of hydrogen-bond acceptors (Lipinski definition) is 6. The molecule has 5 atom stereocenters. The molecular formula is C24H29NO5. The van der Waals surface area contributed by atoms with Crippen LogP contribution in [0.3, 0.4) is 0 Å². The summed E-state index contributed by atoms with van der Waals surface area (Å²) in [7, 11) is 0. The van der Waals surface area contributed by atoms with Gasteiger partial charge in [-0.3, -0.25) is 4.98 Å². The molecule has 1 aliphatic heterocycles. The Bertz CT molecular complexity index is 801. The Hall–Kier alpha value is -2.73. The van der Waals surface area contributed by atoms with E-state index in [1.165, 1.54) is 12.2 Å². The summed E-state index contributed by atoms with van der Waals surface area (Å²) in [6.07, 6.45) is 16.0. The van der Waals surface area contributed by atoms with Gasteiger partial charge in [-0.05, 0) is 74.8 Å². The molecule has 30 heavy (non-hydrogen) atoms. The zero-order valence-electron chi connectivity index (χ0n) is 17.2. The minimum absolute atomic E-state index is 0.0841. The lowest BCUT2D eigenvalue weighted by Crippen LogP contribution is -2.27. The molecule has 1 aromatic rings. The number of aromatic nitrogens is 1. The van der Waals surface area contributed by atoms with Gasteiger partial charge in [0.05, 0.1) is 12.2 Å². The lowest BCUT2D eigenvalue weighted by Gasteiger charge is -2.24. The van der Waals surface area contributed by atoms with Crippen LogP contribution in [0.2, 0.25) is 0 Å². The van der Waals surface area contributed by atoms with Crippen LogP contribution in [0.4, 0.5) is 0 Å². The smallest absolute Gasteiger partial charge is 0.331 e. The van der Waals surface area contributed by atoms with E-state index in [2.05, 4.69) is 17.1 Å². The van der Waals surface area contributed by atoms with Crippen molar-refractivity contribution in [3.63, 3.8) is 0 Å². The molecule has 0 aromatic carbocycles. The van der Waals surface area contributed by atoms with Gasteiger partial charge in [0.15, 0.2) is 0 Å². The van der Waals surface area contributed by atoms with Crippen LogP contribution >= 0.6 is 0 Å². The topological polar surface area (TPSA) is 85.7 Å². The zero-order valence-corrected chi connectivity index (χ0v) is 17.2. The molecule has 1 aromatic heterocycles. The first kappa shape index (κ1) is 22.0. The second kappa shape index (κ2) is 10.9. The highest BCUT2D eigenvalue weighted by molar-refractivity contribution is 5.87. The van der Waals surface area contributed by atoms with Crippen molar-refractivity contribution in [3.8, 4) is 0 Å². The fraction of sp³-hybridized carbons (Fsp3) is 0.458. The third-order valence-electron chi connectivity index (χ3n) is 5.53. The number of nitrogens with zero attached hydrogens (tertiary/aromatic N) is 1. The van der Waals surface area contributed by atoms with Crippen LogP contribution < -0.4 is 0 Å². The average Bonchev–Trinajstić information content (AvgIpc) is 3.10. The summed E-state index contributed by atoms with van der Waals surface area (Å²) in [5.41, 5.74) is 0.835. The lowest BCUT2D eigenvalue weighted by molar-refractivity contribution is -0.145. The maximum absolute atomic E-state index is 12.5. The quantitative estimate of drug-likeness (QED) is 0.464. The van der Waals surface area contributed by atoms with E-state index >= 15 is 0 Å². The van der Waals surface area contributed by atoms with E-state index in [0.29, 0.717) is 12.8 Å². The number of pyridine rings is 1. The summed E-state index contributed by atoms with van der Waals surface area (Å²) in [5, 5.41) is 10.2. The van der Waals surface area contributed by atoms with Crippen LogP contribution in [0.25, 0.3) is 6.08 Å². The Morgan fingerprint density at radius 3 is 2.87 bits per heavy atom.